The van der Waals surface area contributed by atoms with Crippen LogP contribution in [-0.2, 0) is 0 Å². The second kappa shape index (κ2) is 5.07. The Bertz CT molecular complexity index is 524. The highest BCUT2D eigenvalue weighted by molar-refractivity contribution is 9.10. The largest absolute Gasteiger partial charge is 0.436 e. The molecule has 0 N–H and O–H groups in total. The molecule has 0 aromatic carbocycles. The zero-order valence-corrected chi connectivity index (χ0v) is 11.6. The first-order valence-electron chi connectivity index (χ1n) is 4.11. The quantitative estimate of drug-likeness (QED) is 0.759. The van der Waals surface area contributed by atoms with Crippen molar-refractivity contribution in [1.82, 2.24) is 15.0 Å². The molecule has 0 aliphatic carbocycles. The minimum Gasteiger partial charge on any atom is -0.436 e. The van der Waals surface area contributed by atoms with Crippen LogP contribution in [0.2, 0.25) is 5.15 Å². The Balaban J connectivity index is 2.31. The molecule has 82 valence electrons. The molecule has 0 fully saturated rings. The molecule has 0 aliphatic rings. The van der Waals surface area contributed by atoms with E-state index in [2.05, 4.69) is 46.8 Å². The number of pyridine rings is 1. The molecule has 2 rings (SSSR count). The SMILES string of the molecule is Clc1ncnc(Oc2cncc(Br)c2)c1Br. The molecule has 0 atom stereocenters. The molecule has 0 aliphatic heterocycles. The van der Waals surface area contributed by atoms with Gasteiger partial charge < -0.3 is 4.74 Å². The highest BCUT2D eigenvalue weighted by Crippen LogP contribution is 2.31. The predicted octanol–water partition coefficient (Wildman–Crippen LogP) is 3.84. The molecule has 0 saturated carbocycles. The fraction of sp³-hybridized carbons (Fsp3) is 0. The van der Waals surface area contributed by atoms with Crippen LogP contribution < -0.4 is 4.74 Å². The smallest absolute Gasteiger partial charge is 0.238 e. The van der Waals surface area contributed by atoms with Crippen LogP contribution in [0, 0.1) is 0 Å². The lowest BCUT2D eigenvalue weighted by Gasteiger charge is -2.06. The lowest BCUT2D eigenvalue weighted by atomic mass is 10.5. The lowest BCUT2D eigenvalue weighted by Crippen LogP contribution is -1.91. The van der Waals surface area contributed by atoms with Crippen LogP contribution >= 0.6 is 43.5 Å². The van der Waals surface area contributed by atoms with Gasteiger partial charge in [-0.2, -0.15) is 0 Å². The molecule has 4 nitrogen and oxygen atoms in total. The molecular formula is C9H4Br2ClN3O. The fourth-order valence-corrected chi connectivity index (χ4v) is 1.72. The highest BCUT2D eigenvalue weighted by atomic mass is 79.9. The second-order valence-electron chi connectivity index (χ2n) is 2.72. The van der Waals surface area contributed by atoms with Crippen molar-refractivity contribution in [1.29, 1.82) is 0 Å². The summed E-state index contributed by atoms with van der Waals surface area (Å²) in [5.74, 6) is 0.907. The molecule has 0 unspecified atom stereocenters. The molecular weight excluding hydrogens is 361 g/mol. The van der Waals surface area contributed by atoms with Crippen LogP contribution in [0.1, 0.15) is 0 Å². The van der Waals surface area contributed by atoms with E-state index in [0.29, 0.717) is 21.3 Å². The third-order valence-electron chi connectivity index (χ3n) is 1.61. The number of hydrogen-bond acceptors (Lipinski definition) is 4. The molecule has 2 aromatic heterocycles. The van der Waals surface area contributed by atoms with Gasteiger partial charge >= 0.3 is 0 Å². The van der Waals surface area contributed by atoms with Crippen LogP contribution in [0.15, 0.2) is 33.7 Å². The Morgan fingerprint density at radius 2 is 2.00 bits per heavy atom. The average molecular weight is 365 g/mol. The molecule has 0 bridgehead atoms. The zero-order chi connectivity index (χ0) is 11.5. The lowest BCUT2D eigenvalue weighted by molar-refractivity contribution is 0.455. The maximum atomic E-state index is 5.81. The minimum absolute atomic E-state index is 0.299. The number of ether oxygens (including phenoxy) is 1. The normalized spacial score (nSPS) is 10.2. The third-order valence-corrected chi connectivity index (χ3v) is 3.27. The number of aromatic nitrogens is 3. The summed E-state index contributed by atoms with van der Waals surface area (Å²) in [6.07, 6.45) is 4.57. The van der Waals surface area contributed by atoms with Crippen molar-refractivity contribution in [3.05, 3.63) is 38.9 Å². The van der Waals surface area contributed by atoms with Crippen molar-refractivity contribution >= 4 is 43.5 Å². The molecule has 2 heterocycles. The van der Waals surface area contributed by atoms with Gasteiger partial charge in [-0.1, -0.05) is 11.6 Å². The van der Waals surface area contributed by atoms with Gasteiger partial charge in [0.25, 0.3) is 0 Å². The van der Waals surface area contributed by atoms with E-state index in [4.69, 9.17) is 16.3 Å². The van der Waals surface area contributed by atoms with Crippen molar-refractivity contribution in [3.63, 3.8) is 0 Å². The standard InChI is InChI=1S/C9H4Br2ClN3O/c10-5-1-6(3-13-2-5)16-9-7(11)8(12)14-4-15-9/h1-4H. The van der Waals surface area contributed by atoms with E-state index in [0.717, 1.165) is 4.47 Å². The van der Waals surface area contributed by atoms with Crippen LogP contribution in [0.3, 0.4) is 0 Å². The summed E-state index contributed by atoms with van der Waals surface area (Å²) in [5, 5.41) is 0.299. The monoisotopic (exact) mass is 363 g/mol. The summed E-state index contributed by atoms with van der Waals surface area (Å²) in [5.41, 5.74) is 0. The third kappa shape index (κ3) is 2.69. The van der Waals surface area contributed by atoms with Gasteiger partial charge in [-0.25, -0.2) is 9.97 Å². The van der Waals surface area contributed by atoms with Gasteiger partial charge in [-0.15, -0.1) is 0 Å². The van der Waals surface area contributed by atoms with E-state index in [-0.39, 0.29) is 0 Å². The van der Waals surface area contributed by atoms with Crippen LogP contribution in [0.5, 0.6) is 11.6 Å². The first kappa shape index (κ1) is 11.8. The van der Waals surface area contributed by atoms with Gasteiger partial charge in [-0.3, -0.25) is 4.98 Å². The number of hydrogen-bond donors (Lipinski definition) is 0. The van der Waals surface area contributed by atoms with E-state index in [9.17, 15) is 0 Å². The maximum Gasteiger partial charge on any atom is 0.238 e. The van der Waals surface area contributed by atoms with Crippen molar-refractivity contribution in [2.24, 2.45) is 0 Å². The maximum absolute atomic E-state index is 5.81. The summed E-state index contributed by atoms with van der Waals surface area (Å²) >= 11 is 12.3. The number of rotatable bonds is 2. The molecule has 0 radical (unpaired) electrons. The van der Waals surface area contributed by atoms with Crippen molar-refractivity contribution < 1.29 is 4.74 Å². The number of nitrogens with zero attached hydrogens (tertiary/aromatic N) is 3. The molecule has 7 heteroatoms. The van der Waals surface area contributed by atoms with E-state index in [1.54, 1.807) is 18.5 Å². The fourth-order valence-electron chi connectivity index (χ4n) is 0.965. The van der Waals surface area contributed by atoms with E-state index < -0.39 is 0 Å². The number of halogens is 3. The summed E-state index contributed by atoms with van der Waals surface area (Å²) in [7, 11) is 0. The Hall–Kier alpha value is -0.720. The zero-order valence-electron chi connectivity index (χ0n) is 7.69. The van der Waals surface area contributed by atoms with Crippen molar-refractivity contribution in [3.8, 4) is 11.6 Å². The summed E-state index contributed by atoms with van der Waals surface area (Å²) in [6, 6.07) is 1.77. The van der Waals surface area contributed by atoms with Gasteiger partial charge in [-0.05, 0) is 37.9 Å². The van der Waals surface area contributed by atoms with E-state index >= 15 is 0 Å². The van der Waals surface area contributed by atoms with Gasteiger partial charge in [0.2, 0.25) is 5.88 Å². The van der Waals surface area contributed by atoms with Crippen molar-refractivity contribution in [2.75, 3.05) is 0 Å². The van der Waals surface area contributed by atoms with Gasteiger partial charge in [0.15, 0.2) is 5.15 Å². The Morgan fingerprint density at radius 1 is 1.19 bits per heavy atom. The Kier molecular flexibility index (Phi) is 3.73. The van der Waals surface area contributed by atoms with E-state index in [1.807, 2.05) is 0 Å². The summed E-state index contributed by atoms with van der Waals surface area (Å²) in [6.45, 7) is 0. The molecule has 0 amide bonds. The van der Waals surface area contributed by atoms with Crippen LogP contribution in [0.4, 0.5) is 0 Å². The molecule has 0 saturated heterocycles. The summed E-state index contributed by atoms with van der Waals surface area (Å²) in [4.78, 5) is 11.7. The predicted molar refractivity (Wildman–Crippen MR) is 66.8 cm³/mol. The van der Waals surface area contributed by atoms with Crippen molar-refractivity contribution in [2.45, 2.75) is 0 Å². The average Bonchev–Trinajstić information content (AvgIpc) is 2.25. The first-order chi connectivity index (χ1) is 7.66. The van der Waals surface area contributed by atoms with Crippen LogP contribution in [0.25, 0.3) is 0 Å². The van der Waals surface area contributed by atoms with Gasteiger partial charge in [0, 0.05) is 10.7 Å². The summed E-state index contributed by atoms with van der Waals surface area (Å²) < 4.78 is 6.83. The van der Waals surface area contributed by atoms with E-state index in [1.165, 1.54) is 6.33 Å². The molecule has 16 heavy (non-hydrogen) atoms. The van der Waals surface area contributed by atoms with Crippen LogP contribution in [-0.4, -0.2) is 15.0 Å². The molecule has 0 spiro atoms. The van der Waals surface area contributed by atoms with Gasteiger partial charge in [0.1, 0.15) is 16.5 Å². The van der Waals surface area contributed by atoms with Gasteiger partial charge in [0.05, 0.1) is 6.20 Å². The topological polar surface area (TPSA) is 47.9 Å². The second-order valence-corrected chi connectivity index (χ2v) is 4.79. The minimum atomic E-state index is 0.299. The Morgan fingerprint density at radius 3 is 2.75 bits per heavy atom. The molecule has 2 aromatic rings. The highest BCUT2D eigenvalue weighted by Gasteiger charge is 2.09. The Labute approximate surface area is 113 Å². The first-order valence-corrected chi connectivity index (χ1v) is 6.07.